The third kappa shape index (κ3) is 4.20. The van der Waals surface area contributed by atoms with Crippen molar-refractivity contribution in [2.24, 2.45) is 5.92 Å². The summed E-state index contributed by atoms with van der Waals surface area (Å²) in [5.74, 6) is -0.501. The smallest absolute Gasteiger partial charge is 0.266 e. The van der Waals surface area contributed by atoms with E-state index in [-0.39, 0.29) is 17.7 Å². The number of aryl methyl sites for hydroxylation is 1. The Morgan fingerprint density at radius 3 is 2.68 bits per heavy atom. The summed E-state index contributed by atoms with van der Waals surface area (Å²) in [5.41, 5.74) is 1.55. The Morgan fingerprint density at radius 1 is 1.29 bits per heavy atom. The van der Waals surface area contributed by atoms with Gasteiger partial charge in [-0.05, 0) is 85.4 Å². The lowest BCUT2D eigenvalue weighted by molar-refractivity contribution is -0.124. The topological polar surface area (TPSA) is 46.4 Å². The Kier molecular flexibility index (Phi) is 7.19. The molecule has 3 heterocycles. The summed E-state index contributed by atoms with van der Waals surface area (Å²) < 4.78 is 51.0. The van der Waals surface area contributed by atoms with Crippen LogP contribution in [0.5, 0.6) is 0 Å². The number of ether oxygens (including phenoxy) is 1. The maximum absolute atomic E-state index is 14.9. The predicted octanol–water partition coefficient (Wildman–Crippen LogP) is 6.12. The molecule has 0 radical (unpaired) electrons. The van der Waals surface area contributed by atoms with E-state index in [2.05, 4.69) is 42.9 Å². The van der Waals surface area contributed by atoms with Crippen LogP contribution >= 0.6 is 0 Å². The van der Waals surface area contributed by atoms with Gasteiger partial charge in [-0.2, -0.15) is 0 Å². The van der Waals surface area contributed by atoms with Crippen molar-refractivity contribution in [1.29, 1.82) is 0 Å². The summed E-state index contributed by atoms with van der Waals surface area (Å²) in [6.07, 6.45) is 1.20. The molecule has 7 heteroatoms. The molecule has 1 aromatic carbocycles. The maximum Gasteiger partial charge on any atom is 0.266 e. The van der Waals surface area contributed by atoms with E-state index in [1.165, 1.54) is 11.3 Å². The molecule has 4 unspecified atom stereocenters. The zero-order valence-electron chi connectivity index (χ0n) is 20.8. The van der Waals surface area contributed by atoms with Crippen LogP contribution in [0, 0.1) is 11.7 Å². The highest BCUT2D eigenvalue weighted by Crippen LogP contribution is 2.46. The first-order chi connectivity index (χ1) is 16.1. The Bertz CT molecular complexity index is 1030. The van der Waals surface area contributed by atoms with E-state index in [9.17, 15) is 18.3 Å². The maximum atomic E-state index is 14.9. The molecule has 2 aliphatic rings. The molecule has 34 heavy (non-hydrogen) atoms. The largest absolute Gasteiger partial charge is 0.383 e. The number of rotatable bonds is 7. The first kappa shape index (κ1) is 25.3. The summed E-state index contributed by atoms with van der Waals surface area (Å²) >= 11 is 0. The number of hydrogen-bond acceptors (Lipinski definition) is 3. The first-order valence-corrected chi connectivity index (χ1v) is 12.5. The lowest BCUT2D eigenvalue weighted by atomic mass is 9.78. The van der Waals surface area contributed by atoms with E-state index in [0.29, 0.717) is 43.0 Å². The second-order valence-electron chi connectivity index (χ2n) is 10.2. The van der Waals surface area contributed by atoms with Gasteiger partial charge in [0.1, 0.15) is 17.6 Å². The number of hydrogen-bond donors (Lipinski definition) is 2. The number of aliphatic hydroxyl groups is 1. The van der Waals surface area contributed by atoms with E-state index in [1.54, 1.807) is 6.92 Å². The molecule has 0 bridgehead atoms. The Morgan fingerprint density at radius 2 is 2.03 bits per heavy atom. The predicted molar refractivity (Wildman–Crippen MR) is 127 cm³/mol. The van der Waals surface area contributed by atoms with Crippen molar-refractivity contribution in [2.45, 2.75) is 97.1 Å². The summed E-state index contributed by atoms with van der Waals surface area (Å²) in [6, 6.07) is 3.29. The second kappa shape index (κ2) is 9.67. The van der Waals surface area contributed by atoms with Gasteiger partial charge >= 0.3 is 0 Å². The average Bonchev–Trinajstić information content (AvgIpc) is 3.42. The van der Waals surface area contributed by atoms with Gasteiger partial charge in [0.15, 0.2) is 0 Å². The summed E-state index contributed by atoms with van der Waals surface area (Å²) in [7, 11) is 0. The molecule has 1 saturated heterocycles. The van der Waals surface area contributed by atoms with Crippen molar-refractivity contribution in [1.82, 2.24) is 9.88 Å². The van der Waals surface area contributed by atoms with Gasteiger partial charge in [0.05, 0.1) is 11.7 Å². The molecule has 5 atom stereocenters. The fourth-order valence-electron chi connectivity index (χ4n) is 5.91. The quantitative estimate of drug-likeness (QED) is 0.504. The van der Waals surface area contributed by atoms with Crippen molar-refractivity contribution < 1.29 is 23.0 Å². The average molecular weight is 479 g/mol. The zero-order valence-corrected chi connectivity index (χ0v) is 20.8. The summed E-state index contributed by atoms with van der Waals surface area (Å²) in [6.45, 7) is 11.0. The van der Waals surface area contributed by atoms with E-state index in [1.807, 2.05) is 6.92 Å². The first-order valence-electron chi connectivity index (χ1n) is 12.5. The fourth-order valence-corrected chi connectivity index (χ4v) is 5.91. The van der Waals surface area contributed by atoms with Crippen LogP contribution in [0.1, 0.15) is 99.5 Å². The van der Waals surface area contributed by atoms with Crippen LogP contribution < -0.4 is 5.32 Å². The number of nitrogens with one attached hydrogen (secondary N) is 1. The van der Waals surface area contributed by atoms with Crippen LogP contribution in [0.3, 0.4) is 0 Å². The highest BCUT2D eigenvalue weighted by atomic mass is 19.3. The molecule has 0 amide bonds. The monoisotopic (exact) mass is 478 g/mol. The molecule has 0 aliphatic carbocycles. The highest BCUT2D eigenvalue weighted by molar-refractivity contribution is 5.46. The molecule has 188 valence electrons. The van der Waals surface area contributed by atoms with Crippen LogP contribution in [0.25, 0.3) is 0 Å². The summed E-state index contributed by atoms with van der Waals surface area (Å²) in [5, 5.41) is 15.0. The third-order valence-electron chi connectivity index (χ3n) is 7.90. The molecule has 4 nitrogen and oxygen atoms in total. The van der Waals surface area contributed by atoms with Gasteiger partial charge in [-0.15, -0.1) is 0 Å². The molecule has 1 aromatic heterocycles. The van der Waals surface area contributed by atoms with Gasteiger partial charge < -0.3 is 19.7 Å². The minimum absolute atomic E-state index is 0.0236. The molecular formula is C27H37F3N2O2. The van der Waals surface area contributed by atoms with Gasteiger partial charge in [-0.25, -0.2) is 13.2 Å². The standard InChI is InChI=1S/C27H37F3N2O2/c1-6-15(3)24-17(7-2)9-11-32(24)22-12-16(4)25(34-22)27(5,33)21-13-19(26(29)30)23(28)18-8-10-31-14-20(18)21/h9,11,13,15-16,22,25-26,31,33H,6-8,10,12,14H2,1-5H3/t15?,16?,22?,25?,27-/m1/s1. The van der Waals surface area contributed by atoms with Crippen molar-refractivity contribution in [3.63, 3.8) is 0 Å². The lowest BCUT2D eigenvalue weighted by Gasteiger charge is -2.36. The molecule has 0 saturated carbocycles. The highest BCUT2D eigenvalue weighted by Gasteiger charge is 2.47. The number of alkyl halides is 2. The van der Waals surface area contributed by atoms with Crippen molar-refractivity contribution in [3.05, 3.63) is 57.7 Å². The van der Waals surface area contributed by atoms with Crippen molar-refractivity contribution in [2.75, 3.05) is 6.54 Å². The van der Waals surface area contributed by atoms with Gasteiger partial charge in [0.25, 0.3) is 6.43 Å². The van der Waals surface area contributed by atoms with Crippen LogP contribution in [0.2, 0.25) is 0 Å². The van der Waals surface area contributed by atoms with Crippen LogP contribution in [-0.4, -0.2) is 22.3 Å². The number of nitrogens with zero attached hydrogens (tertiary/aromatic N) is 1. The lowest BCUT2D eigenvalue weighted by Crippen LogP contribution is -2.42. The zero-order chi connectivity index (χ0) is 24.8. The summed E-state index contributed by atoms with van der Waals surface area (Å²) in [4.78, 5) is 0. The van der Waals surface area contributed by atoms with Gasteiger partial charge in [0.2, 0.25) is 0 Å². The Balaban J connectivity index is 1.73. The molecule has 0 spiro atoms. The van der Waals surface area contributed by atoms with Gasteiger partial charge in [0, 0.05) is 18.4 Å². The number of halogens is 3. The SMILES string of the molecule is CCc1ccn(C2CC(C)C([C@](C)(O)c3cc(C(F)F)c(F)c4c3CNCC4)O2)c1C(C)CC. The number of aromatic nitrogens is 1. The molecule has 2 aromatic rings. The molecule has 4 rings (SSSR count). The van der Waals surface area contributed by atoms with Crippen molar-refractivity contribution in [3.8, 4) is 0 Å². The van der Waals surface area contributed by atoms with Crippen LogP contribution in [0.15, 0.2) is 18.3 Å². The van der Waals surface area contributed by atoms with E-state index < -0.39 is 29.5 Å². The molecule has 2 N–H and O–H groups in total. The molecule has 2 aliphatic heterocycles. The van der Waals surface area contributed by atoms with E-state index in [4.69, 9.17) is 4.74 Å². The van der Waals surface area contributed by atoms with Gasteiger partial charge in [-0.3, -0.25) is 0 Å². The van der Waals surface area contributed by atoms with Gasteiger partial charge in [-0.1, -0.05) is 27.7 Å². The fraction of sp³-hybridized carbons (Fsp3) is 0.630. The number of fused-ring (bicyclic) bond motifs is 1. The van der Waals surface area contributed by atoms with Crippen molar-refractivity contribution >= 4 is 0 Å². The second-order valence-corrected chi connectivity index (χ2v) is 10.2. The normalized spacial score (nSPS) is 25.4. The van der Waals surface area contributed by atoms with E-state index >= 15 is 0 Å². The minimum Gasteiger partial charge on any atom is -0.383 e. The molecule has 1 fully saturated rings. The number of benzene rings is 1. The molecular weight excluding hydrogens is 441 g/mol. The van der Waals surface area contributed by atoms with Crippen LogP contribution in [-0.2, 0) is 29.7 Å². The third-order valence-corrected chi connectivity index (χ3v) is 7.90. The van der Waals surface area contributed by atoms with E-state index in [0.717, 1.165) is 18.9 Å². The Hall–Kier alpha value is -1.83. The Labute approximate surface area is 200 Å². The minimum atomic E-state index is -2.95. The van der Waals surface area contributed by atoms with Crippen LogP contribution in [0.4, 0.5) is 13.2 Å².